The summed E-state index contributed by atoms with van der Waals surface area (Å²) >= 11 is 0. The van der Waals surface area contributed by atoms with E-state index in [-0.39, 0.29) is 5.91 Å². The first kappa shape index (κ1) is 15.7. The molecular weight excluding hydrogens is 300 g/mol. The van der Waals surface area contributed by atoms with Gasteiger partial charge in [-0.05, 0) is 57.7 Å². The largest absolute Gasteiger partial charge is 0.451 e. The Bertz CT molecular complexity index is 734. The molecule has 4 heteroatoms. The summed E-state index contributed by atoms with van der Waals surface area (Å²) in [4.78, 5) is 15.3. The molecule has 1 aromatic heterocycles. The monoisotopic (exact) mass is 326 g/mol. The molecule has 3 heterocycles. The fourth-order valence-corrected chi connectivity index (χ4v) is 4.51. The second-order valence-electron chi connectivity index (χ2n) is 7.26. The van der Waals surface area contributed by atoms with Crippen LogP contribution in [0.5, 0.6) is 0 Å². The minimum absolute atomic E-state index is 0.0726. The van der Waals surface area contributed by atoms with Crippen LogP contribution in [0.15, 0.2) is 28.7 Å². The van der Waals surface area contributed by atoms with Crippen LogP contribution in [-0.2, 0) is 0 Å². The Morgan fingerprint density at radius 3 is 2.92 bits per heavy atom. The first-order valence-corrected chi connectivity index (χ1v) is 9.24. The van der Waals surface area contributed by atoms with Crippen molar-refractivity contribution in [3.05, 3.63) is 35.6 Å². The molecule has 1 N–H and O–H groups in total. The molecule has 2 aromatic rings. The number of piperidine rings is 2. The summed E-state index contributed by atoms with van der Waals surface area (Å²) < 4.78 is 5.78. The summed E-state index contributed by atoms with van der Waals surface area (Å²) in [5, 5.41) is 4.17. The molecule has 1 aromatic carbocycles. The van der Waals surface area contributed by atoms with Gasteiger partial charge in [0.15, 0.2) is 5.76 Å². The highest BCUT2D eigenvalue weighted by atomic mass is 16.3. The van der Waals surface area contributed by atoms with E-state index in [1.807, 2.05) is 31.2 Å². The molecule has 0 bridgehead atoms. The van der Waals surface area contributed by atoms with Crippen molar-refractivity contribution >= 4 is 16.9 Å². The van der Waals surface area contributed by atoms with Crippen LogP contribution in [0.1, 0.15) is 48.2 Å². The molecule has 0 saturated carbocycles. The lowest BCUT2D eigenvalue weighted by molar-refractivity contribution is 0.0572. The SMILES string of the molecule is Cc1c(C(=O)NCC2CCCN3CCCCC23)oc2ccccc12. The number of rotatable bonds is 3. The van der Waals surface area contributed by atoms with Gasteiger partial charge in [-0.15, -0.1) is 0 Å². The molecule has 2 atom stereocenters. The third kappa shape index (κ3) is 2.84. The fraction of sp³-hybridized carbons (Fsp3) is 0.550. The van der Waals surface area contributed by atoms with Gasteiger partial charge in [0.05, 0.1) is 0 Å². The molecule has 2 aliphatic heterocycles. The summed E-state index contributed by atoms with van der Waals surface area (Å²) in [5.41, 5.74) is 1.72. The quantitative estimate of drug-likeness (QED) is 0.934. The van der Waals surface area contributed by atoms with Crippen LogP contribution in [-0.4, -0.2) is 36.5 Å². The van der Waals surface area contributed by atoms with E-state index in [4.69, 9.17) is 4.42 Å². The average Bonchev–Trinajstić information content (AvgIpc) is 2.97. The highest BCUT2D eigenvalue weighted by molar-refractivity contribution is 5.98. The maximum Gasteiger partial charge on any atom is 0.287 e. The normalized spacial score (nSPS) is 24.7. The maximum absolute atomic E-state index is 12.6. The van der Waals surface area contributed by atoms with Crippen molar-refractivity contribution in [1.29, 1.82) is 0 Å². The highest BCUT2D eigenvalue weighted by Crippen LogP contribution is 2.30. The van der Waals surface area contributed by atoms with Gasteiger partial charge in [-0.25, -0.2) is 0 Å². The average molecular weight is 326 g/mol. The fourth-order valence-electron chi connectivity index (χ4n) is 4.51. The number of furan rings is 1. The summed E-state index contributed by atoms with van der Waals surface area (Å²) in [6.07, 6.45) is 6.41. The summed E-state index contributed by atoms with van der Waals surface area (Å²) in [7, 11) is 0. The third-order valence-electron chi connectivity index (χ3n) is 5.80. The second-order valence-corrected chi connectivity index (χ2v) is 7.26. The molecule has 2 saturated heterocycles. The molecule has 0 radical (unpaired) electrons. The molecule has 0 spiro atoms. The zero-order valence-corrected chi connectivity index (χ0v) is 14.4. The van der Waals surface area contributed by atoms with Gasteiger partial charge in [0.25, 0.3) is 5.91 Å². The zero-order valence-electron chi connectivity index (χ0n) is 14.4. The number of nitrogens with zero attached hydrogens (tertiary/aromatic N) is 1. The molecule has 1 amide bonds. The Morgan fingerprint density at radius 2 is 2.04 bits per heavy atom. The number of carbonyl (C=O) groups excluding carboxylic acids is 1. The standard InChI is InChI=1S/C20H26N2O2/c1-14-16-8-2-3-10-18(16)24-19(14)20(23)21-13-15-7-6-12-22-11-5-4-9-17(15)22/h2-3,8,10,15,17H,4-7,9,11-13H2,1H3,(H,21,23). The molecule has 4 rings (SSSR count). The Labute approximate surface area is 143 Å². The lowest BCUT2D eigenvalue weighted by Gasteiger charge is -2.44. The van der Waals surface area contributed by atoms with Gasteiger partial charge in [0, 0.05) is 23.5 Å². The molecule has 2 unspecified atom stereocenters. The minimum Gasteiger partial charge on any atom is -0.451 e. The van der Waals surface area contributed by atoms with Crippen LogP contribution in [0.25, 0.3) is 11.0 Å². The number of para-hydroxylation sites is 1. The lowest BCUT2D eigenvalue weighted by atomic mass is 9.83. The van der Waals surface area contributed by atoms with Crippen molar-refractivity contribution in [3.63, 3.8) is 0 Å². The van der Waals surface area contributed by atoms with Crippen LogP contribution in [0.3, 0.4) is 0 Å². The van der Waals surface area contributed by atoms with E-state index in [0.717, 1.165) is 23.1 Å². The van der Waals surface area contributed by atoms with E-state index in [1.165, 1.54) is 45.2 Å². The molecule has 24 heavy (non-hydrogen) atoms. The van der Waals surface area contributed by atoms with Crippen molar-refractivity contribution in [2.45, 2.75) is 45.1 Å². The zero-order chi connectivity index (χ0) is 16.5. The van der Waals surface area contributed by atoms with E-state index in [0.29, 0.717) is 17.7 Å². The van der Waals surface area contributed by atoms with Crippen molar-refractivity contribution in [1.82, 2.24) is 10.2 Å². The van der Waals surface area contributed by atoms with Crippen LogP contribution >= 0.6 is 0 Å². The molecule has 2 fully saturated rings. The van der Waals surface area contributed by atoms with Crippen LogP contribution in [0.2, 0.25) is 0 Å². The number of fused-ring (bicyclic) bond motifs is 2. The molecule has 128 valence electrons. The third-order valence-corrected chi connectivity index (χ3v) is 5.80. The van der Waals surface area contributed by atoms with Gasteiger partial charge in [0.2, 0.25) is 0 Å². The topological polar surface area (TPSA) is 45.5 Å². The number of nitrogens with one attached hydrogen (secondary N) is 1. The van der Waals surface area contributed by atoms with Gasteiger partial charge in [-0.3, -0.25) is 4.79 Å². The van der Waals surface area contributed by atoms with Gasteiger partial charge >= 0.3 is 0 Å². The first-order chi connectivity index (χ1) is 11.7. The van der Waals surface area contributed by atoms with Gasteiger partial charge in [0.1, 0.15) is 5.58 Å². The summed E-state index contributed by atoms with van der Waals surface area (Å²) in [5.74, 6) is 0.969. The number of aryl methyl sites for hydroxylation is 1. The predicted octanol–water partition coefficient (Wildman–Crippen LogP) is 3.74. The van der Waals surface area contributed by atoms with Crippen molar-refractivity contribution in [2.75, 3.05) is 19.6 Å². The number of hydrogen-bond donors (Lipinski definition) is 1. The van der Waals surface area contributed by atoms with Gasteiger partial charge < -0.3 is 14.6 Å². The summed E-state index contributed by atoms with van der Waals surface area (Å²) in [6.45, 7) is 5.19. The molecule has 4 nitrogen and oxygen atoms in total. The second kappa shape index (κ2) is 6.60. The van der Waals surface area contributed by atoms with E-state index in [1.54, 1.807) is 0 Å². The van der Waals surface area contributed by atoms with E-state index in [2.05, 4.69) is 10.2 Å². The summed E-state index contributed by atoms with van der Waals surface area (Å²) in [6, 6.07) is 8.50. The number of carbonyl (C=O) groups is 1. The Balaban J connectivity index is 1.44. The molecule has 2 aliphatic rings. The van der Waals surface area contributed by atoms with Gasteiger partial charge in [-0.2, -0.15) is 0 Å². The number of benzene rings is 1. The van der Waals surface area contributed by atoms with E-state index >= 15 is 0 Å². The Morgan fingerprint density at radius 1 is 1.21 bits per heavy atom. The molecule has 0 aliphatic carbocycles. The van der Waals surface area contributed by atoms with Crippen LogP contribution in [0.4, 0.5) is 0 Å². The smallest absolute Gasteiger partial charge is 0.287 e. The highest BCUT2D eigenvalue weighted by Gasteiger charge is 2.33. The van der Waals surface area contributed by atoms with E-state index < -0.39 is 0 Å². The first-order valence-electron chi connectivity index (χ1n) is 9.24. The Hall–Kier alpha value is -1.81. The molecular formula is C20H26N2O2. The van der Waals surface area contributed by atoms with Crippen LogP contribution < -0.4 is 5.32 Å². The number of hydrogen-bond acceptors (Lipinski definition) is 3. The van der Waals surface area contributed by atoms with E-state index in [9.17, 15) is 4.79 Å². The van der Waals surface area contributed by atoms with Gasteiger partial charge in [-0.1, -0.05) is 24.6 Å². The van der Waals surface area contributed by atoms with Crippen LogP contribution in [0, 0.1) is 12.8 Å². The predicted molar refractivity (Wildman–Crippen MR) is 95.2 cm³/mol. The van der Waals surface area contributed by atoms with Crippen molar-refractivity contribution < 1.29 is 9.21 Å². The van der Waals surface area contributed by atoms with Crippen molar-refractivity contribution in [2.24, 2.45) is 5.92 Å². The van der Waals surface area contributed by atoms with Crippen molar-refractivity contribution in [3.8, 4) is 0 Å². The minimum atomic E-state index is -0.0726. The Kier molecular flexibility index (Phi) is 4.31. The maximum atomic E-state index is 12.6. The number of amides is 1. The lowest BCUT2D eigenvalue weighted by Crippen LogP contribution is -2.51.